The molecule has 2 N–H and O–H groups in total. The Labute approximate surface area is 209 Å². The van der Waals surface area contributed by atoms with E-state index in [2.05, 4.69) is 9.92 Å². The molecule has 0 bridgehead atoms. The van der Waals surface area contributed by atoms with Crippen molar-refractivity contribution in [3.8, 4) is 5.75 Å². The molecule has 2 atom stereocenters. The van der Waals surface area contributed by atoms with Gasteiger partial charge >= 0.3 is 5.91 Å². The van der Waals surface area contributed by atoms with Gasteiger partial charge < -0.3 is 4.74 Å². The molecule has 0 aliphatic rings. The zero-order chi connectivity index (χ0) is 25.5. The number of aromatic nitrogens is 1. The Hall–Kier alpha value is -3.69. The Bertz CT molecular complexity index is 1310. The molecule has 3 aromatic carbocycles. The highest BCUT2D eigenvalue weighted by Crippen LogP contribution is 2.33. The van der Waals surface area contributed by atoms with E-state index < -0.39 is 16.8 Å². The number of amides is 1. The zero-order valence-electron chi connectivity index (χ0n) is 19.9. The highest BCUT2D eigenvalue weighted by atomic mass is 19.1. The van der Waals surface area contributed by atoms with Crippen LogP contribution in [0.3, 0.4) is 0 Å². The number of ether oxygens (including phenoxy) is 1. The number of pyridine rings is 1. The molecule has 4 rings (SSSR count). The van der Waals surface area contributed by atoms with E-state index in [1.165, 1.54) is 19.1 Å². The van der Waals surface area contributed by atoms with Crippen LogP contribution >= 0.6 is 0 Å². The van der Waals surface area contributed by atoms with Crippen LogP contribution in [-0.2, 0) is 22.8 Å². The van der Waals surface area contributed by atoms with Gasteiger partial charge in [-0.25, -0.2) is 14.2 Å². The third-order valence-corrected chi connectivity index (χ3v) is 6.18. The van der Waals surface area contributed by atoms with Crippen LogP contribution in [0.5, 0.6) is 5.75 Å². The van der Waals surface area contributed by atoms with Gasteiger partial charge in [-0.1, -0.05) is 36.4 Å². The fourth-order valence-corrected chi connectivity index (χ4v) is 4.17. The molecule has 7 nitrogen and oxygen atoms in total. The molecule has 0 aliphatic carbocycles. The first-order valence-corrected chi connectivity index (χ1v) is 11.7. The largest absolute Gasteiger partial charge is 0.487 e. The van der Waals surface area contributed by atoms with E-state index in [-0.39, 0.29) is 12.4 Å². The van der Waals surface area contributed by atoms with Gasteiger partial charge in [-0.2, -0.15) is 5.21 Å². The van der Waals surface area contributed by atoms with E-state index >= 15 is 0 Å². The third kappa shape index (κ3) is 5.92. The van der Waals surface area contributed by atoms with Crippen molar-refractivity contribution < 1.29 is 28.9 Å². The Morgan fingerprint density at radius 1 is 1.03 bits per heavy atom. The van der Waals surface area contributed by atoms with Crippen molar-refractivity contribution in [1.82, 2.24) is 10.9 Å². The Balaban J connectivity index is 1.45. The topological polar surface area (TPSA) is 92.5 Å². The number of fused-ring (bicyclic) bond motifs is 1. The first-order chi connectivity index (χ1) is 17.4. The summed E-state index contributed by atoms with van der Waals surface area (Å²) in [6.07, 6.45) is 1.56. The number of benzene rings is 3. The van der Waals surface area contributed by atoms with Gasteiger partial charge in [0.2, 0.25) is 0 Å². The molecule has 185 valence electrons. The number of para-hydroxylation sites is 1. The normalized spacial score (nSPS) is 13.8. The van der Waals surface area contributed by atoms with E-state index in [1.54, 1.807) is 36.4 Å². The molecule has 1 amide bonds. The van der Waals surface area contributed by atoms with Crippen molar-refractivity contribution >= 4 is 16.8 Å². The van der Waals surface area contributed by atoms with Gasteiger partial charge in [-0.3, -0.25) is 0 Å². The first kappa shape index (κ1) is 25.4. The van der Waals surface area contributed by atoms with Gasteiger partial charge in [0.05, 0.1) is 18.1 Å². The van der Waals surface area contributed by atoms with E-state index in [0.717, 1.165) is 22.2 Å². The maximum absolute atomic E-state index is 13.2. The van der Waals surface area contributed by atoms with Crippen LogP contribution in [0.4, 0.5) is 4.39 Å². The van der Waals surface area contributed by atoms with Crippen LogP contribution in [0.1, 0.15) is 42.6 Å². The minimum atomic E-state index is -1.50. The zero-order valence-corrected chi connectivity index (χ0v) is 19.9. The first-order valence-electron chi connectivity index (χ1n) is 11.7. The summed E-state index contributed by atoms with van der Waals surface area (Å²) in [5, 5.41) is 11.9. The fraction of sp³-hybridized carbons (Fsp3) is 0.214. The Morgan fingerprint density at radius 2 is 1.75 bits per heavy atom. The summed E-state index contributed by atoms with van der Waals surface area (Å²) >= 11 is 0. The number of hydrogen-bond donors (Lipinski definition) is 1. The van der Waals surface area contributed by atoms with E-state index in [4.69, 9.17) is 10.6 Å². The summed E-state index contributed by atoms with van der Waals surface area (Å²) in [6, 6.07) is 24.1. The lowest BCUT2D eigenvalue weighted by atomic mass is 9.98. The average Bonchev–Trinajstić information content (AvgIpc) is 2.90. The third-order valence-electron chi connectivity index (χ3n) is 6.18. The molecular formula is C28H28FN3O4+. The smallest absolute Gasteiger partial charge is 0.378 e. The molecule has 1 aromatic heterocycles. The van der Waals surface area contributed by atoms with Crippen LogP contribution in [0, 0.1) is 5.82 Å². The number of nitrogens with zero attached hydrogens (tertiary/aromatic N) is 2. The molecule has 0 aliphatic heterocycles. The Kier molecular flexibility index (Phi) is 8.02. The molecule has 0 saturated carbocycles. The van der Waals surface area contributed by atoms with Gasteiger partial charge in [-0.05, 0) is 77.8 Å². The van der Waals surface area contributed by atoms with Crippen LogP contribution in [0.2, 0.25) is 0 Å². The average molecular weight is 490 g/mol. The molecule has 8 heteroatoms. The second-order valence-electron chi connectivity index (χ2n) is 8.62. The summed E-state index contributed by atoms with van der Waals surface area (Å²) < 4.78 is 19.1. The summed E-state index contributed by atoms with van der Waals surface area (Å²) in [7, 11) is 0. The van der Waals surface area contributed by atoms with Crippen molar-refractivity contribution in [2.45, 2.75) is 38.8 Å². The monoisotopic (exact) mass is 489 g/mol. The van der Waals surface area contributed by atoms with Crippen molar-refractivity contribution in [1.29, 1.82) is 0 Å². The molecule has 36 heavy (non-hydrogen) atoms. The summed E-state index contributed by atoms with van der Waals surface area (Å²) in [4.78, 5) is 19.8. The van der Waals surface area contributed by atoms with Gasteiger partial charge in [0, 0.05) is 22.2 Å². The summed E-state index contributed by atoms with van der Waals surface area (Å²) in [5.74, 6) is 6.97. The molecule has 0 spiro atoms. The Morgan fingerprint density at radius 3 is 2.44 bits per heavy atom. The molecule has 2 unspecified atom stereocenters. The van der Waals surface area contributed by atoms with E-state index in [1.807, 2.05) is 36.4 Å². The van der Waals surface area contributed by atoms with Gasteiger partial charge in [0.15, 0.2) is 6.04 Å². The second kappa shape index (κ2) is 11.4. The summed E-state index contributed by atoms with van der Waals surface area (Å²) in [5.41, 5.74) is 3.25. The lowest BCUT2D eigenvalue weighted by Crippen LogP contribution is -2.51. The van der Waals surface area contributed by atoms with Crippen LogP contribution in [-0.4, -0.2) is 20.9 Å². The standard InChI is InChI=1S/C28H28FN3O4/c1-20(33)32(34,36-30)28(8-4-5-21-9-14-24(29)15-10-21)23-12-17-26(18-13-23)35-19-25-16-11-22-6-2-3-7-27(22)31-25/h2-3,6-7,9-18,28,30,34H,4-5,8,19H2,1H3/q+1. The number of quaternary nitrogens is 1. The fourth-order valence-electron chi connectivity index (χ4n) is 4.17. The van der Waals surface area contributed by atoms with Gasteiger partial charge in [-0.15, -0.1) is 0 Å². The molecule has 1 heterocycles. The predicted octanol–water partition coefficient (Wildman–Crippen LogP) is 5.90. The van der Waals surface area contributed by atoms with Crippen LogP contribution in [0.15, 0.2) is 84.9 Å². The SMILES string of the molecule is CC(=O)[N+](O)(O[NH])C(CCCc1ccc(F)cc1)c1ccc(OCc2ccc3ccccc3n2)cc1. The molecule has 4 aromatic rings. The van der Waals surface area contributed by atoms with Crippen LogP contribution in [0.25, 0.3) is 10.9 Å². The highest BCUT2D eigenvalue weighted by Gasteiger charge is 2.45. The second-order valence-corrected chi connectivity index (χ2v) is 8.62. The van der Waals surface area contributed by atoms with E-state index in [9.17, 15) is 14.4 Å². The lowest BCUT2D eigenvalue weighted by molar-refractivity contribution is -1.21. The number of carbonyl (C=O) groups excluding carboxylic acids is 1. The maximum atomic E-state index is 13.2. The number of hydroxylamine groups is 4. The number of carbonyl (C=O) groups is 1. The maximum Gasteiger partial charge on any atom is 0.378 e. The highest BCUT2D eigenvalue weighted by molar-refractivity contribution is 5.78. The minimum Gasteiger partial charge on any atom is -0.487 e. The summed E-state index contributed by atoms with van der Waals surface area (Å²) in [6.45, 7) is 1.46. The number of aryl methyl sites for hydroxylation is 1. The number of hydrogen-bond acceptors (Lipinski definition) is 5. The van der Waals surface area contributed by atoms with Crippen molar-refractivity contribution in [3.63, 3.8) is 0 Å². The number of rotatable bonds is 10. The quantitative estimate of drug-likeness (QED) is 0.170. The predicted molar refractivity (Wildman–Crippen MR) is 132 cm³/mol. The lowest BCUT2D eigenvalue weighted by Gasteiger charge is -2.29. The number of halogens is 1. The molecular weight excluding hydrogens is 461 g/mol. The molecule has 0 fully saturated rings. The van der Waals surface area contributed by atoms with Crippen molar-refractivity contribution in [2.75, 3.05) is 0 Å². The van der Waals surface area contributed by atoms with Gasteiger partial charge in [0.25, 0.3) is 0 Å². The van der Waals surface area contributed by atoms with Gasteiger partial charge in [0.1, 0.15) is 18.2 Å². The van der Waals surface area contributed by atoms with E-state index in [0.29, 0.717) is 30.6 Å². The minimum absolute atomic E-state index is 0.286. The number of nitrogens with one attached hydrogen (secondary N) is 1. The van der Waals surface area contributed by atoms with Crippen molar-refractivity contribution in [2.24, 2.45) is 0 Å². The van der Waals surface area contributed by atoms with Crippen molar-refractivity contribution in [3.05, 3.63) is 108 Å². The molecule has 0 saturated heterocycles. The molecule has 1 radical (unpaired) electrons. The van der Waals surface area contributed by atoms with Crippen LogP contribution < -0.4 is 10.6 Å².